The molecule has 6 heteroatoms. The molecule has 3 aromatic carbocycles. The molecule has 2 heterocycles. The van der Waals surface area contributed by atoms with E-state index in [1.54, 1.807) is 24.3 Å². The SMILES string of the molecule is CC(CCOc1ccc(C(=O)Nc2ccccc2N)cc1)n1c2ccccc2c2ccncc21. The van der Waals surface area contributed by atoms with Gasteiger partial charge in [-0.2, -0.15) is 0 Å². The Bertz CT molecular complexity index is 1400. The molecule has 0 aliphatic heterocycles. The maximum absolute atomic E-state index is 12.5. The van der Waals surface area contributed by atoms with Crippen molar-refractivity contribution in [1.82, 2.24) is 9.55 Å². The van der Waals surface area contributed by atoms with Crippen LogP contribution in [-0.2, 0) is 0 Å². The lowest BCUT2D eigenvalue weighted by atomic mass is 10.2. The lowest BCUT2D eigenvalue weighted by molar-refractivity contribution is 0.102. The van der Waals surface area contributed by atoms with E-state index in [4.69, 9.17) is 10.5 Å². The zero-order valence-corrected chi connectivity index (χ0v) is 18.9. The third kappa shape index (κ3) is 4.18. The van der Waals surface area contributed by atoms with Crippen LogP contribution >= 0.6 is 0 Å². The van der Waals surface area contributed by atoms with Crippen LogP contribution in [0.3, 0.4) is 0 Å². The van der Waals surface area contributed by atoms with Crippen molar-refractivity contribution >= 4 is 39.1 Å². The summed E-state index contributed by atoms with van der Waals surface area (Å²) < 4.78 is 8.33. The summed E-state index contributed by atoms with van der Waals surface area (Å²) in [6.45, 7) is 2.76. The number of carbonyl (C=O) groups excluding carboxylic acids is 1. The van der Waals surface area contributed by atoms with Crippen molar-refractivity contribution in [1.29, 1.82) is 0 Å². The van der Waals surface area contributed by atoms with Crippen LogP contribution in [0.15, 0.2) is 91.3 Å². The zero-order chi connectivity index (χ0) is 23.5. The van der Waals surface area contributed by atoms with Crippen molar-refractivity contribution in [3.8, 4) is 5.75 Å². The molecule has 3 N–H and O–H groups in total. The number of aromatic nitrogens is 2. The van der Waals surface area contributed by atoms with Gasteiger partial charge in [0, 0.05) is 40.5 Å². The van der Waals surface area contributed by atoms with E-state index in [2.05, 4.69) is 52.1 Å². The summed E-state index contributed by atoms with van der Waals surface area (Å²) in [5.41, 5.74) is 9.91. The first-order valence-electron chi connectivity index (χ1n) is 11.3. The first-order chi connectivity index (χ1) is 16.6. The average molecular weight is 451 g/mol. The van der Waals surface area contributed by atoms with Gasteiger partial charge in [-0.15, -0.1) is 0 Å². The summed E-state index contributed by atoms with van der Waals surface area (Å²) in [5.74, 6) is 0.518. The number of benzene rings is 3. The zero-order valence-electron chi connectivity index (χ0n) is 18.9. The number of para-hydroxylation sites is 3. The van der Waals surface area contributed by atoms with Gasteiger partial charge in [0.15, 0.2) is 0 Å². The summed E-state index contributed by atoms with van der Waals surface area (Å²) in [5, 5.41) is 5.28. The number of ether oxygens (including phenoxy) is 1. The molecule has 1 atom stereocenters. The molecule has 5 aromatic rings. The number of amides is 1. The van der Waals surface area contributed by atoms with Crippen LogP contribution in [0.4, 0.5) is 11.4 Å². The second-order valence-corrected chi connectivity index (χ2v) is 8.33. The number of nitrogens with zero attached hydrogens (tertiary/aromatic N) is 2. The van der Waals surface area contributed by atoms with E-state index in [-0.39, 0.29) is 11.9 Å². The van der Waals surface area contributed by atoms with Gasteiger partial charge < -0.3 is 20.4 Å². The van der Waals surface area contributed by atoms with Crippen LogP contribution in [0, 0.1) is 0 Å². The average Bonchev–Trinajstić information content (AvgIpc) is 3.20. The Balaban J connectivity index is 1.23. The molecule has 0 saturated heterocycles. The lowest BCUT2D eigenvalue weighted by Gasteiger charge is -2.17. The van der Waals surface area contributed by atoms with E-state index in [0.29, 0.717) is 23.5 Å². The molecular weight excluding hydrogens is 424 g/mol. The Morgan fingerprint density at radius 2 is 1.71 bits per heavy atom. The van der Waals surface area contributed by atoms with Gasteiger partial charge in [0.2, 0.25) is 0 Å². The van der Waals surface area contributed by atoms with E-state index < -0.39 is 0 Å². The fourth-order valence-electron chi connectivity index (χ4n) is 4.31. The van der Waals surface area contributed by atoms with Crippen LogP contribution in [-0.4, -0.2) is 22.1 Å². The van der Waals surface area contributed by atoms with Gasteiger partial charge >= 0.3 is 0 Å². The van der Waals surface area contributed by atoms with Gasteiger partial charge in [0.05, 0.1) is 29.7 Å². The van der Waals surface area contributed by atoms with E-state index in [9.17, 15) is 4.79 Å². The fourth-order valence-corrected chi connectivity index (χ4v) is 4.31. The summed E-state index contributed by atoms with van der Waals surface area (Å²) in [6, 6.07) is 25.1. The highest BCUT2D eigenvalue weighted by Crippen LogP contribution is 2.32. The van der Waals surface area contributed by atoms with Crippen molar-refractivity contribution < 1.29 is 9.53 Å². The maximum Gasteiger partial charge on any atom is 0.255 e. The number of rotatable bonds is 7. The summed E-state index contributed by atoms with van der Waals surface area (Å²) in [7, 11) is 0. The molecule has 1 amide bonds. The topological polar surface area (TPSA) is 82.2 Å². The molecule has 5 rings (SSSR count). The molecule has 0 spiro atoms. The third-order valence-electron chi connectivity index (χ3n) is 6.08. The molecule has 170 valence electrons. The Labute approximate surface area is 198 Å². The number of anilines is 2. The van der Waals surface area contributed by atoms with Gasteiger partial charge in [-0.05, 0) is 55.5 Å². The number of hydrogen-bond donors (Lipinski definition) is 2. The minimum absolute atomic E-state index is 0.210. The lowest BCUT2D eigenvalue weighted by Crippen LogP contribution is -2.13. The van der Waals surface area contributed by atoms with Crippen molar-refractivity contribution in [3.63, 3.8) is 0 Å². The van der Waals surface area contributed by atoms with Crippen LogP contribution in [0.25, 0.3) is 21.8 Å². The van der Waals surface area contributed by atoms with Crippen LogP contribution < -0.4 is 15.8 Å². The smallest absolute Gasteiger partial charge is 0.255 e. The van der Waals surface area contributed by atoms with Gasteiger partial charge in [-0.3, -0.25) is 9.78 Å². The summed E-state index contributed by atoms with van der Waals surface area (Å²) in [4.78, 5) is 16.9. The fraction of sp³-hybridized carbons (Fsp3) is 0.143. The Hall–Kier alpha value is -4.32. The Morgan fingerprint density at radius 3 is 2.53 bits per heavy atom. The molecular formula is C28H26N4O2. The van der Waals surface area contributed by atoms with Crippen molar-refractivity contribution in [2.45, 2.75) is 19.4 Å². The number of nitrogens with one attached hydrogen (secondary N) is 1. The third-order valence-corrected chi connectivity index (χ3v) is 6.08. The minimum Gasteiger partial charge on any atom is -0.494 e. The summed E-state index contributed by atoms with van der Waals surface area (Å²) >= 11 is 0. The second-order valence-electron chi connectivity index (χ2n) is 8.33. The number of carbonyl (C=O) groups is 1. The highest BCUT2D eigenvalue weighted by atomic mass is 16.5. The van der Waals surface area contributed by atoms with E-state index in [0.717, 1.165) is 17.7 Å². The van der Waals surface area contributed by atoms with Gasteiger partial charge in [0.25, 0.3) is 5.91 Å². The predicted molar refractivity (Wildman–Crippen MR) is 137 cm³/mol. The number of nitrogens with two attached hydrogens (primary N) is 1. The van der Waals surface area contributed by atoms with Gasteiger partial charge in [-0.25, -0.2) is 0 Å². The van der Waals surface area contributed by atoms with Crippen molar-refractivity contribution in [3.05, 3.63) is 96.8 Å². The maximum atomic E-state index is 12.5. The Kier molecular flexibility index (Phi) is 5.87. The van der Waals surface area contributed by atoms with Gasteiger partial charge in [0.1, 0.15) is 5.75 Å². The number of fused-ring (bicyclic) bond motifs is 3. The largest absolute Gasteiger partial charge is 0.494 e. The predicted octanol–water partition coefficient (Wildman–Crippen LogP) is 6.05. The molecule has 0 aliphatic carbocycles. The molecule has 6 nitrogen and oxygen atoms in total. The van der Waals surface area contributed by atoms with Crippen LogP contribution in [0.2, 0.25) is 0 Å². The highest BCUT2D eigenvalue weighted by Gasteiger charge is 2.15. The molecule has 2 aromatic heterocycles. The minimum atomic E-state index is -0.210. The van der Waals surface area contributed by atoms with Crippen molar-refractivity contribution in [2.75, 3.05) is 17.7 Å². The quantitative estimate of drug-likeness (QED) is 0.296. The number of nitrogen functional groups attached to an aromatic ring is 1. The second kappa shape index (κ2) is 9.27. The van der Waals surface area contributed by atoms with Crippen LogP contribution in [0.1, 0.15) is 29.7 Å². The summed E-state index contributed by atoms with van der Waals surface area (Å²) in [6.07, 6.45) is 4.60. The van der Waals surface area contributed by atoms with E-state index in [1.807, 2.05) is 36.7 Å². The van der Waals surface area contributed by atoms with E-state index in [1.165, 1.54) is 16.3 Å². The number of pyridine rings is 1. The monoisotopic (exact) mass is 450 g/mol. The molecule has 0 aliphatic rings. The standard InChI is InChI=1S/C28H26N4O2/c1-19(32-26-9-5-2-6-22(26)23-14-16-30-18-27(23)32)15-17-34-21-12-10-20(11-13-21)28(33)31-25-8-4-3-7-24(25)29/h2-14,16,18-19H,15,17,29H2,1H3,(H,31,33). The van der Waals surface area contributed by atoms with Gasteiger partial charge in [-0.1, -0.05) is 30.3 Å². The first kappa shape index (κ1) is 21.5. The molecule has 0 bridgehead atoms. The van der Waals surface area contributed by atoms with E-state index >= 15 is 0 Å². The van der Waals surface area contributed by atoms with Crippen molar-refractivity contribution in [2.24, 2.45) is 0 Å². The molecule has 0 saturated carbocycles. The van der Waals surface area contributed by atoms with Crippen LogP contribution in [0.5, 0.6) is 5.75 Å². The molecule has 34 heavy (non-hydrogen) atoms. The number of hydrogen-bond acceptors (Lipinski definition) is 4. The molecule has 0 fully saturated rings. The normalized spacial score (nSPS) is 12.0. The molecule has 0 radical (unpaired) electrons. The first-order valence-corrected chi connectivity index (χ1v) is 11.3. The Morgan fingerprint density at radius 1 is 0.971 bits per heavy atom. The highest BCUT2D eigenvalue weighted by molar-refractivity contribution is 6.08. The molecule has 1 unspecified atom stereocenters.